The molecular weight excluding hydrogens is 250 g/mol. The number of nitrogens with one attached hydrogen (secondary N) is 1. The molecule has 0 radical (unpaired) electrons. The monoisotopic (exact) mass is 269 g/mol. The van der Waals surface area contributed by atoms with E-state index >= 15 is 0 Å². The number of hydrogen-bond donors (Lipinski definition) is 1. The number of aromatic nitrogens is 2. The number of ether oxygens (including phenoxy) is 1. The zero-order chi connectivity index (χ0) is 13.9. The molecule has 4 heteroatoms. The molecular formula is C16H19N3O. The Morgan fingerprint density at radius 1 is 1.20 bits per heavy atom. The molecule has 20 heavy (non-hydrogen) atoms. The second-order valence-electron chi connectivity index (χ2n) is 5.41. The minimum atomic E-state index is 0.121. The van der Waals surface area contributed by atoms with Crippen LogP contribution in [0.5, 0.6) is 5.88 Å². The minimum Gasteiger partial charge on any atom is -0.475 e. The van der Waals surface area contributed by atoms with Gasteiger partial charge in [0.2, 0.25) is 5.88 Å². The van der Waals surface area contributed by atoms with Crippen molar-refractivity contribution in [2.75, 3.05) is 5.32 Å². The van der Waals surface area contributed by atoms with E-state index < -0.39 is 0 Å². The molecule has 2 aromatic rings. The summed E-state index contributed by atoms with van der Waals surface area (Å²) in [5, 5.41) is 3.45. The summed E-state index contributed by atoms with van der Waals surface area (Å²) in [6, 6.07) is 12.9. The standard InChI is InChI=1S/C16H19N3O/c1-11(2)20-16-9-15(17-10-18-16)19-14-8-13(14)12-6-4-3-5-7-12/h3-7,9-11,13-14H,8H2,1-2H3,(H,17,18,19). The largest absolute Gasteiger partial charge is 0.475 e. The summed E-state index contributed by atoms with van der Waals surface area (Å²) in [7, 11) is 0. The van der Waals surface area contributed by atoms with Gasteiger partial charge in [-0.2, -0.15) is 0 Å². The summed E-state index contributed by atoms with van der Waals surface area (Å²) in [4.78, 5) is 8.36. The molecule has 1 heterocycles. The zero-order valence-electron chi connectivity index (χ0n) is 11.8. The third-order valence-electron chi connectivity index (χ3n) is 3.35. The quantitative estimate of drug-likeness (QED) is 0.905. The van der Waals surface area contributed by atoms with E-state index in [-0.39, 0.29) is 6.10 Å². The van der Waals surface area contributed by atoms with Crippen LogP contribution in [0, 0.1) is 0 Å². The van der Waals surface area contributed by atoms with Gasteiger partial charge in [0.15, 0.2) is 0 Å². The fraction of sp³-hybridized carbons (Fsp3) is 0.375. The van der Waals surface area contributed by atoms with Crippen molar-refractivity contribution in [3.8, 4) is 5.88 Å². The number of anilines is 1. The van der Waals surface area contributed by atoms with E-state index in [1.165, 1.54) is 5.56 Å². The van der Waals surface area contributed by atoms with Gasteiger partial charge in [-0.25, -0.2) is 9.97 Å². The molecule has 4 nitrogen and oxygen atoms in total. The average molecular weight is 269 g/mol. The van der Waals surface area contributed by atoms with Gasteiger partial charge in [-0.15, -0.1) is 0 Å². The molecule has 2 atom stereocenters. The Kier molecular flexibility index (Phi) is 3.54. The molecule has 3 rings (SSSR count). The van der Waals surface area contributed by atoms with Gasteiger partial charge in [-0.3, -0.25) is 0 Å². The summed E-state index contributed by atoms with van der Waals surface area (Å²) in [5.41, 5.74) is 1.39. The van der Waals surface area contributed by atoms with Gasteiger partial charge < -0.3 is 10.1 Å². The van der Waals surface area contributed by atoms with Crippen molar-refractivity contribution in [3.05, 3.63) is 48.3 Å². The van der Waals surface area contributed by atoms with Crippen LogP contribution in [0.2, 0.25) is 0 Å². The fourth-order valence-electron chi connectivity index (χ4n) is 2.34. The van der Waals surface area contributed by atoms with Crippen LogP contribution in [-0.2, 0) is 0 Å². The Morgan fingerprint density at radius 3 is 2.75 bits per heavy atom. The van der Waals surface area contributed by atoms with Gasteiger partial charge in [0.05, 0.1) is 6.10 Å². The van der Waals surface area contributed by atoms with Gasteiger partial charge in [0.25, 0.3) is 0 Å². The first kappa shape index (κ1) is 12.9. The van der Waals surface area contributed by atoms with E-state index in [0.29, 0.717) is 17.8 Å². The lowest BCUT2D eigenvalue weighted by Crippen LogP contribution is -2.09. The topological polar surface area (TPSA) is 47.0 Å². The van der Waals surface area contributed by atoms with Gasteiger partial charge in [0.1, 0.15) is 12.1 Å². The Balaban J connectivity index is 1.62. The van der Waals surface area contributed by atoms with Crippen LogP contribution in [0.25, 0.3) is 0 Å². The van der Waals surface area contributed by atoms with Crippen molar-refractivity contribution < 1.29 is 4.74 Å². The third kappa shape index (κ3) is 3.07. The predicted molar refractivity (Wildman–Crippen MR) is 79.0 cm³/mol. The fourth-order valence-corrected chi connectivity index (χ4v) is 2.34. The summed E-state index contributed by atoms with van der Waals surface area (Å²) < 4.78 is 5.58. The zero-order valence-corrected chi connectivity index (χ0v) is 11.8. The van der Waals surface area contributed by atoms with E-state index in [9.17, 15) is 0 Å². The summed E-state index contributed by atoms with van der Waals surface area (Å²) >= 11 is 0. The maximum absolute atomic E-state index is 5.58. The molecule has 1 aliphatic rings. The summed E-state index contributed by atoms with van der Waals surface area (Å²) in [6.07, 6.45) is 2.81. The molecule has 0 amide bonds. The molecule has 0 saturated heterocycles. The normalized spacial score (nSPS) is 20.8. The second kappa shape index (κ2) is 5.49. The van der Waals surface area contributed by atoms with Crippen molar-refractivity contribution in [2.24, 2.45) is 0 Å². The molecule has 1 aliphatic carbocycles. The van der Waals surface area contributed by atoms with E-state index in [2.05, 4.69) is 39.6 Å². The van der Waals surface area contributed by atoms with Crippen molar-refractivity contribution in [2.45, 2.75) is 38.3 Å². The minimum absolute atomic E-state index is 0.121. The van der Waals surface area contributed by atoms with E-state index in [1.807, 2.05) is 26.0 Å². The van der Waals surface area contributed by atoms with Crippen LogP contribution < -0.4 is 10.1 Å². The number of benzene rings is 1. The number of rotatable bonds is 5. The Morgan fingerprint density at radius 2 is 2.00 bits per heavy atom. The molecule has 0 spiro atoms. The summed E-state index contributed by atoms with van der Waals surface area (Å²) in [6.45, 7) is 3.98. The van der Waals surface area contributed by atoms with E-state index in [1.54, 1.807) is 6.33 Å². The molecule has 0 bridgehead atoms. The number of hydrogen-bond acceptors (Lipinski definition) is 4. The lowest BCUT2D eigenvalue weighted by Gasteiger charge is -2.10. The van der Waals surface area contributed by atoms with Crippen LogP contribution in [0.15, 0.2) is 42.7 Å². The highest BCUT2D eigenvalue weighted by atomic mass is 16.5. The third-order valence-corrected chi connectivity index (χ3v) is 3.35. The molecule has 1 aromatic heterocycles. The molecule has 1 aromatic carbocycles. The first-order chi connectivity index (χ1) is 9.72. The summed E-state index contributed by atoms with van der Waals surface area (Å²) in [5.74, 6) is 2.04. The Hall–Kier alpha value is -2.10. The highest BCUT2D eigenvalue weighted by Crippen LogP contribution is 2.42. The first-order valence-corrected chi connectivity index (χ1v) is 7.02. The lowest BCUT2D eigenvalue weighted by atomic mass is 10.1. The van der Waals surface area contributed by atoms with Crippen molar-refractivity contribution in [3.63, 3.8) is 0 Å². The van der Waals surface area contributed by atoms with E-state index in [4.69, 9.17) is 4.74 Å². The highest BCUT2D eigenvalue weighted by molar-refractivity contribution is 5.43. The van der Waals surface area contributed by atoms with E-state index in [0.717, 1.165) is 12.2 Å². The van der Waals surface area contributed by atoms with Crippen LogP contribution in [0.4, 0.5) is 5.82 Å². The van der Waals surface area contributed by atoms with Crippen LogP contribution in [0.3, 0.4) is 0 Å². The van der Waals surface area contributed by atoms with Gasteiger partial charge in [-0.05, 0) is 25.8 Å². The van der Waals surface area contributed by atoms with Crippen molar-refractivity contribution >= 4 is 5.82 Å². The SMILES string of the molecule is CC(C)Oc1cc(NC2CC2c2ccccc2)ncn1. The maximum Gasteiger partial charge on any atom is 0.218 e. The molecule has 1 fully saturated rings. The maximum atomic E-state index is 5.58. The first-order valence-electron chi connectivity index (χ1n) is 7.02. The molecule has 1 N–H and O–H groups in total. The second-order valence-corrected chi connectivity index (χ2v) is 5.41. The van der Waals surface area contributed by atoms with Crippen LogP contribution in [0.1, 0.15) is 31.7 Å². The smallest absolute Gasteiger partial charge is 0.218 e. The Labute approximate surface area is 119 Å². The molecule has 2 unspecified atom stereocenters. The van der Waals surface area contributed by atoms with Crippen LogP contribution in [-0.4, -0.2) is 22.1 Å². The predicted octanol–water partition coefficient (Wildman–Crippen LogP) is 3.23. The average Bonchev–Trinajstić information content (AvgIpc) is 3.19. The molecule has 0 aliphatic heterocycles. The molecule has 1 saturated carbocycles. The van der Waals surface area contributed by atoms with Gasteiger partial charge >= 0.3 is 0 Å². The van der Waals surface area contributed by atoms with Crippen LogP contribution >= 0.6 is 0 Å². The molecule has 104 valence electrons. The van der Waals surface area contributed by atoms with Crippen molar-refractivity contribution in [1.29, 1.82) is 0 Å². The van der Waals surface area contributed by atoms with Gasteiger partial charge in [0, 0.05) is 18.0 Å². The Bertz CT molecular complexity index is 571. The van der Waals surface area contributed by atoms with Crippen molar-refractivity contribution in [1.82, 2.24) is 9.97 Å². The number of nitrogens with zero attached hydrogens (tertiary/aromatic N) is 2. The lowest BCUT2D eigenvalue weighted by molar-refractivity contribution is 0.232. The van der Waals surface area contributed by atoms with Gasteiger partial charge in [-0.1, -0.05) is 30.3 Å². The highest BCUT2D eigenvalue weighted by Gasteiger charge is 2.38.